The molecule has 2 rings (SSSR count). The van der Waals surface area contributed by atoms with Gasteiger partial charge in [0.1, 0.15) is 5.82 Å². The van der Waals surface area contributed by atoms with Gasteiger partial charge in [0.25, 0.3) is 0 Å². The molecule has 3 heteroatoms. The van der Waals surface area contributed by atoms with Crippen LogP contribution in [0.3, 0.4) is 0 Å². The third-order valence-corrected chi connectivity index (χ3v) is 3.75. The molecular formula is C18H23FN2. The van der Waals surface area contributed by atoms with Crippen molar-refractivity contribution in [3.05, 3.63) is 59.4 Å². The second-order valence-corrected chi connectivity index (χ2v) is 5.38. The lowest BCUT2D eigenvalue weighted by Crippen LogP contribution is -2.21. The van der Waals surface area contributed by atoms with E-state index in [1.165, 1.54) is 11.6 Å². The van der Waals surface area contributed by atoms with Gasteiger partial charge in [-0.2, -0.15) is 0 Å². The summed E-state index contributed by atoms with van der Waals surface area (Å²) in [5.74, 6) is -0.198. The van der Waals surface area contributed by atoms with E-state index in [-0.39, 0.29) is 11.9 Å². The maximum Gasteiger partial charge on any atom is 0.123 e. The molecule has 0 bridgehead atoms. The lowest BCUT2D eigenvalue weighted by atomic mass is 10.0. The van der Waals surface area contributed by atoms with Crippen molar-refractivity contribution >= 4 is 11.4 Å². The Morgan fingerprint density at radius 1 is 1.14 bits per heavy atom. The SMILES string of the molecule is CCNC(C)c1cc(F)ccc1N(C)c1ccc(C)cc1. The Morgan fingerprint density at radius 3 is 2.43 bits per heavy atom. The molecule has 0 aliphatic heterocycles. The minimum absolute atomic E-state index is 0.105. The van der Waals surface area contributed by atoms with E-state index in [9.17, 15) is 4.39 Å². The second kappa shape index (κ2) is 6.72. The zero-order valence-corrected chi connectivity index (χ0v) is 13.2. The van der Waals surface area contributed by atoms with Crippen LogP contribution in [-0.4, -0.2) is 13.6 Å². The average Bonchev–Trinajstić information content (AvgIpc) is 2.47. The minimum Gasteiger partial charge on any atom is -0.344 e. The Hall–Kier alpha value is -1.87. The summed E-state index contributed by atoms with van der Waals surface area (Å²) in [5.41, 5.74) is 4.32. The molecule has 2 aromatic carbocycles. The van der Waals surface area contributed by atoms with Gasteiger partial charge in [0.15, 0.2) is 0 Å². The number of nitrogens with one attached hydrogen (secondary N) is 1. The largest absolute Gasteiger partial charge is 0.344 e. The molecule has 0 aromatic heterocycles. The van der Waals surface area contributed by atoms with Crippen LogP contribution in [0.4, 0.5) is 15.8 Å². The van der Waals surface area contributed by atoms with Gasteiger partial charge >= 0.3 is 0 Å². The summed E-state index contributed by atoms with van der Waals surface area (Å²) in [4.78, 5) is 2.10. The van der Waals surface area contributed by atoms with Crippen LogP contribution in [-0.2, 0) is 0 Å². The number of aryl methyl sites for hydroxylation is 1. The molecule has 0 aliphatic rings. The fourth-order valence-electron chi connectivity index (χ4n) is 2.50. The molecule has 0 amide bonds. The standard InChI is InChI=1S/C18H23FN2/c1-5-20-14(3)17-12-15(19)8-11-18(17)21(4)16-9-6-13(2)7-10-16/h6-12,14,20H,5H2,1-4H3. The highest BCUT2D eigenvalue weighted by Crippen LogP contribution is 2.31. The second-order valence-electron chi connectivity index (χ2n) is 5.38. The van der Waals surface area contributed by atoms with Crippen molar-refractivity contribution in [2.24, 2.45) is 0 Å². The first kappa shape index (κ1) is 15.5. The van der Waals surface area contributed by atoms with E-state index < -0.39 is 0 Å². The van der Waals surface area contributed by atoms with Crippen LogP contribution in [0.2, 0.25) is 0 Å². The number of anilines is 2. The monoisotopic (exact) mass is 286 g/mol. The summed E-state index contributed by atoms with van der Waals surface area (Å²) in [7, 11) is 2.01. The van der Waals surface area contributed by atoms with Crippen molar-refractivity contribution in [3.63, 3.8) is 0 Å². The van der Waals surface area contributed by atoms with Gasteiger partial charge < -0.3 is 10.2 Å². The van der Waals surface area contributed by atoms with Crippen LogP contribution in [0, 0.1) is 12.7 Å². The summed E-state index contributed by atoms with van der Waals surface area (Å²) in [6.45, 7) is 7.04. The highest BCUT2D eigenvalue weighted by molar-refractivity contribution is 5.66. The summed E-state index contributed by atoms with van der Waals surface area (Å²) >= 11 is 0. The molecule has 1 N–H and O–H groups in total. The van der Waals surface area contributed by atoms with Crippen molar-refractivity contribution < 1.29 is 4.39 Å². The Bertz CT molecular complexity index is 593. The maximum absolute atomic E-state index is 13.6. The van der Waals surface area contributed by atoms with E-state index in [2.05, 4.69) is 55.3 Å². The summed E-state index contributed by atoms with van der Waals surface area (Å²) in [6.07, 6.45) is 0. The molecule has 112 valence electrons. The van der Waals surface area contributed by atoms with Crippen molar-refractivity contribution in [2.75, 3.05) is 18.5 Å². The Kier molecular flexibility index (Phi) is 4.97. The summed E-state index contributed by atoms with van der Waals surface area (Å²) < 4.78 is 13.6. The van der Waals surface area contributed by atoms with Gasteiger partial charge in [0, 0.05) is 24.5 Å². The van der Waals surface area contributed by atoms with Crippen molar-refractivity contribution in [2.45, 2.75) is 26.8 Å². The zero-order valence-electron chi connectivity index (χ0n) is 13.2. The van der Waals surface area contributed by atoms with Gasteiger partial charge in [-0.15, -0.1) is 0 Å². The van der Waals surface area contributed by atoms with Gasteiger partial charge in [-0.25, -0.2) is 4.39 Å². The third kappa shape index (κ3) is 3.61. The predicted octanol–water partition coefficient (Wildman–Crippen LogP) is 4.57. The van der Waals surface area contributed by atoms with Crippen LogP contribution in [0.5, 0.6) is 0 Å². The minimum atomic E-state index is -0.198. The average molecular weight is 286 g/mol. The van der Waals surface area contributed by atoms with Crippen molar-refractivity contribution in [1.82, 2.24) is 5.32 Å². The first-order valence-corrected chi connectivity index (χ1v) is 7.36. The first-order chi connectivity index (χ1) is 10.0. The predicted molar refractivity (Wildman–Crippen MR) is 87.7 cm³/mol. The van der Waals surface area contributed by atoms with Gasteiger partial charge in [-0.05, 0) is 56.3 Å². The number of rotatable bonds is 5. The van der Waals surface area contributed by atoms with E-state index in [0.29, 0.717) is 0 Å². The normalized spacial score (nSPS) is 12.2. The molecule has 1 atom stereocenters. The van der Waals surface area contributed by atoms with Crippen molar-refractivity contribution in [1.29, 1.82) is 0 Å². The molecule has 0 aliphatic carbocycles. The molecule has 0 fully saturated rings. The van der Waals surface area contributed by atoms with Crippen LogP contribution in [0.25, 0.3) is 0 Å². The number of nitrogens with zero attached hydrogens (tertiary/aromatic N) is 1. The number of hydrogen-bond acceptors (Lipinski definition) is 2. The summed E-state index contributed by atoms with van der Waals surface area (Å²) in [6, 6.07) is 13.4. The van der Waals surface area contributed by atoms with E-state index in [4.69, 9.17) is 0 Å². The number of halogens is 1. The maximum atomic E-state index is 13.6. The van der Waals surface area contributed by atoms with Gasteiger partial charge in [-0.3, -0.25) is 0 Å². The Balaban J connectivity index is 2.40. The fourth-order valence-corrected chi connectivity index (χ4v) is 2.50. The molecule has 21 heavy (non-hydrogen) atoms. The van der Waals surface area contributed by atoms with E-state index in [1.807, 2.05) is 13.1 Å². The molecule has 2 nitrogen and oxygen atoms in total. The van der Waals surface area contributed by atoms with Crippen LogP contribution >= 0.6 is 0 Å². The number of benzene rings is 2. The topological polar surface area (TPSA) is 15.3 Å². The molecule has 0 saturated carbocycles. The Labute approximate surface area is 126 Å². The zero-order chi connectivity index (χ0) is 15.4. The van der Waals surface area contributed by atoms with E-state index in [0.717, 1.165) is 23.5 Å². The lowest BCUT2D eigenvalue weighted by molar-refractivity contribution is 0.583. The Morgan fingerprint density at radius 2 is 1.81 bits per heavy atom. The molecule has 1 unspecified atom stereocenters. The molecule has 0 spiro atoms. The molecule has 0 radical (unpaired) electrons. The van der Waals surface area contributed by atoms with E-state index in [1.54, 1.807) is 6.07 Å². The third-order valence-electron chi connectivity index (χ3n) is 3.75. The summed E-state index contributed by atoms with van der Waals surface area (Å²) in [5, 5.41) is 3.35. The van der Waals surface area contributed by atoms with Crippen molar-refractivity contribution in [3.8, 4) is 0 Å². The molecular weight excluding hydrogens is 263 g/mol. The van der Waals surface area contributed by atoms with Crippen LogP contribution in [0.1, 0.15) is 31.0 Å². The molecule has 0 heterocycles. The molecule has 2 aromatic rings. The van der Waals surface area contributed by atoms with Gasteiger partial charge in [0.05, 0.1) is 0 Å². The highest BCUT2D eigenvalue weighted by Gasteiger charge is 2.15. The van der Waals surface area contributed by atoms with Crippen LogP contribution in [0.15, 0.2) is 42.5 Å². The lowest BCUT2D eigenvalue weighted by Gasteiger charge is -2.26. The van der Waals surface area contributed by atoms with Gasteiger partial charge in [0.2, 0.25) is 0 Å². The fraction of sp³-hybridized carbons (Fsp3) is 0.333. The van der Waals surface area contributed by atoms with Crippen LogP contribution < -0.4 is 10.2 Å². The van der Waals surface area contributed by atoms with Gasteiger partial charge in [-0.1, -0.05) is 24.6 Å². The molecule has 0 saturated heterocycles. The quantitative estimate of drug-likeness (QED) is 0.866. The highest BCUT2D eigenvalue weighted by atomic mass is 19.1. The van der Waals surface area contributed by atoms with E-state index >= 15 is 0 Å². The number of hydrogen-bond donors (Lipinski definition) is 1. The smallest absolute Gasteiger partial charge is 0.123 e. The first-order valence-electron chi connectivity index (χ1n) is 7.36.